The summed E-state index contributed by atoms with van der Waals surface area (Å²) in [4.78, 5) is 0. The molecule has 0 bridgehead atoms. The number of hydrogen-bond acceptors (Lipinski definition) is 0. The molecule has 0 N–H and O–H groups in total. The Hall–Kier alpha value is -0.560. The Morgan fingerprint density at radius 1 is 1.08 bits per heavy atom. The second-order valence-electron chi connectivity index (χ2n) is 2.08. The first kappa shape index (κ1) is 12.4. The van der Waals surface area contributed by atoms with Crippen molar-refractivity contribution < 1.29 is 35.1 Å². The molecule has 13 heavy (non-hydrogen) atoms. The van der Waals surface area contributed by atoms with Crippen LogP contribution in [0, 0.1) is 6.43 Å². The maximum atomic E-state index is 12.0. The topological polar surface area (TPSA) is 0 Å². The van der Waals surface area contributed by atoms with Crippen molar-refractivity contribution in [2.75, 3.05) is 6.67 Å². The van der Waals surface area contributed by atoms with E-state index >= 15 is 0 Å². The molecule has 0 saturated heterocycles. The van der Waals surface area contributed by atoms with E-state index in [2.05, 4.69) is 0 Å². The Labute approximate surface area is 67.5 Å². The van der Waals surface area contributed by atoms with Crippen LogP contribution in [-0.4, -0.2) is 24.7 Å². The molecule has 79 valence electrons. The molecule has 0 aliphatic rings. The van der Waals surface area contributed by atoms with Crippen LogP contribution < -0.4 is 0 Å². The molecule has 0 saturated carbocycles. The minimum absolute atomic E-state index is 2.46. The number of rotatable bonds is 4. The second kappa shape index (κ2) is 3.67. The van der Waals surface area contributed by atoms with Crippen LogP contribution in [-0.2, 0) is 0 Å². The monoisotopic (exact) mass is 215 g/mol. The van der Waals surface area contributed by atoms with Crippen molar-refractivity contribution in [2.24, 2.45) is 0 Å². The lowest BCUT2D eigenvalue weighted by molar-refractivity contribution is -0.255. The number of halogens is 8. The van der Waals surface area contributed by atoms with Crippen LogP contribution in [0.25, 0.3) is 0 Å². The lowest BCUT2D eigenvalue weighted by Crippen LogP contribution is -2.50. The van der Waals surface area contributed by atoms with E-state index in [0.717, 1.165) is 0 Å². The van der Waals surface area contributed by atoms with Crippen molar-refractivity contribution in [3.8, 4) is 0 Å². The highest BCUT2D eigenvalue weighted by Gasteiger charge is 2.68. The fourth-order valence-electron chi connectivity index (χ4n) is 0.420. The van der Waals surface area contributed by atoms with Gasteiger partial charge in [-0.3, -0.25) is 0 Å². The highest BCUT2D eigenvalue weighted by Crippen LogP contribution is 2.45. The quantitative estimate of drug-likeness (QED) is 0.632. The zero-order chi connectivity index (χ0) is 10.9. The second-order valence-corrected chi connectivity index (χ2v) is 2.08. The van der Waals surface area contributed by atoms with Crippen LogP contribution in [0.4, 0.5) is 35.1 Å². The zero-order valence-corrected chi connectivity index (χ0v) is 5.81. The van der Waals surface area contributed by atoms with Crippen LogP contribution in [0.1, 0.15) is 0 Å². The third-order valence-corrected chi connectivity index (χ3v) is 1.18. The third-order valence-electron chi connectivity index (χ3n) is 1.18. The molecule has 0 nitrogen and oxygen atoms in total. The van der Waals surface area contributed by atoms with Gasteiger partial charge in [-0.15, -0.1) is 0 Å². The van der Waals surface area contributed by atoms with E-state index in [1.54, 1.807) is 0 Å². The van der Waals surface area contributed by atoms with Crippen LogP contribution in [0.2, 0.25) is 0 Å². The first-order valence-corrected chi connectivity index (χ1v) is 2.82. The van der Waals surface area contributed by atoms with Crippen molar-refractivity contribution in [3.05, 3.63) is 6.43 Å². The molecule has 0 aliphatic carbocycles. The highest BCUT2D eigenvalue weighted by atomic mass is 19.3. The summed E-state index contributed by atoms with van der Waals surface area (Å²) in [6.45, 7) is -2.46. The van der Waals surface area contributed by atoms with Crippen molar-refractivity contribution >= 4 is 0 Å². The highest BCUT2D eigenvalue weighted by molar-refractivity contribution is 4.99. The van der Waals surface area contributed by atoms with Gasteiger partial charge in [0, 0.05) is 0 Å². The van der Waals surface area contributed by atoms with Gasteiger partial charge in [-0.1, -0.05) is 0 Å². The molecule has 0 aromatic rings. The van der Waals surface area contributed by atoms with Gasteiger partial charge >= 0.3 is 18.3 Å². The molecule has 1 atom stereocenters. The lowest BCUT2D eigenvalue weighted by atomic mass is 10.1. The van der Waals surface area contributed by atoms with Gasteiger partial charge in [0.25, 0.3) is 0 Å². The average molecular weight is 215 g/mol. The number of alkyl halides is 6. The molecule has 0 aromatic carbocycles. The Bertz CT molecular complexity index is 164. The molecule has 1 radical (unpaired) electrons. The van der Waals surface area contributed by atoms with Gasteiger partial charge in [-0.05, 0) is 0 Å². The standard InChI is InChI=1S/C5H3F8/c6-1-2(7)4(10,11)5(12,13)3(8)9/h2H,1H2. The molecule has 0 aliphatic heterocycles. The molecular formula is C5H3F8. The molecule has 0 fully saturated rings. The Morgan fingerprint density at radius 3 is 1.69 bits per heavy atom. The zero-order valence-electron chi connectivity index (χ0n) is 5.81. The summed E-state index contributed by atoms with van der Waals surface area (Å²) in [6.07, 6.45) is -7.90. The van der Waals surface area contributed by atoms with E-state index < -0.39 is 31.1 Å². The maximum absolute atomic E-state index is 12.0. The van der Waals surface area contributed by atoms with Crippen LogP contribution in [0.5, 0.6) is 0 Å². The predicted octanol–water partition coefficient (Wildman–Crippen LogP) is 2.99. The summed E-state index contributed by atoms with van der Waals surface area (Å²) in [5.41, 5.74) is 0. The van der Waals surface area contributed by atoms with Gasteiger partial charge in [0.05, 0.1) is 0 Å². The molecule has 8 heteroatoms. The van der Waals surface area contributed by atoms with Gasteiger partial charge in [0.2, 0.25) is 0 Å². The van der Waals surface area contributed by atoms with E-state index in [4.69, 9.17) is 0 Å². The largest absolute Gasteiger partial charge is 0.384 e. The smallest absolute Gasteiger partial charge is 0.248 e. The summed E-state index contributed by atoms with van der Waals surface area (Å²) in [7, 11) is 0. The van der Waals surface area contributed by atoms with E-state index in [9.17, 15) is 35.1 Å². The summed E-state index contributed by atoms with van der Waals surface area (Å²) in [6, 6.07) is 0. The predicted molar refractivity (Wildman–Crippen MR) is 26.2 cm³/mol. The molecule has 1 unspecified atom stereocenters. The normalized spacial score (nSPS) is 16.4. The number of hydrogen-bond donors (Lipinski definition) is 0. The fraction of sp³-hybridized carbons (Fsp3) is 0.800. The molecule has 0 spiro atoms. The SMILES string of the molecule is FCC(F)C(F)(F)C(F)(F)[C](F)F. The van der Waals surface area contributed by atoms with Gasteiger partial charge in [0.1, 0.15) is 6.67 Å². The molecule has 0 aromatic heterocycles. The lowest BCUT2D eigenvalue weighted by Gasteiger charge is -2.25. The summed E-state index contributed by atoms with van der Waals surface area (Å²) >= 11 is 0. The Morgan fingerprint density at radius 2 is 1.46 bits per heavy atom. The molecule has 0 rings (SSSR count). The first-order valence-electron chi connectivity index (χ1n) is 2.82. The van der Waals surface area contributed by atoms with Gasteiger partial charge in [-0.25, -0.2) is 8.78 Å². The van der Waals surface area contributed by atoms with Crippen molar-refractivity contribution in [3.63, 3.8) is 0 Å². The van der Waals surface area contributed by atoms with Crippen LogP contribution in [0.3, 0.4) is 0 Å². The summed E-state index contributed by atoms with van der Waals surface area (Å²) < 4.78 is 93.0. The Kier molecular flexibility index (Phi) is 3.51. The van der Waals surface area contributed by atoms with Gasteiger partial charge in [-0.2, -0.15) is 26.3 Å². The van der Waals surface area contributed by atoms with Gasteiger partial charge in [0.15, 0.2) is 6.17 Å². The maximum Gasteiger partial charge on any atom is 0.384 e. The van der Waals surface area contributed by atoms with Crippen molar-refractivity contribution in [1.29, 1.82) is 0 Å². The van der Waals surface area contributed by atoms with E-state index in [0.29, 0.717) is 0 Å². The van der Waals surface area contributed by atoms with Crippen molar-refractivity contribution in [2.45, 2.75) is 18.0 Å². The molecule has 0 heterocycles. The van der Waals surface area contributed by atoms with E-state index in [1.807, 2.05) is 0 Å². The first-order chi connectivity index (χ1) is 5.67. The fourth-order valence-corrected chi connectivity index (χ4v) is 0.420. The van der Waals surface area contributed by atoms with Crippen LogP contribution in [0.15, 0.2) is 0 Å². The van der Waals surface area contributed by atoms with Crippen molar-refractivity contribution in [1.82, 2.24) is 0 Å². The molecule has 0 amide bonds. The minimum atomic E-state index is -5.95. The van der Waals surface area contributed by atoms with Crippen LogP contribution >= 0.6 is 0 Å². The third kappa shape index (κ3) is 2.02. The van der Waals surface area contributed by atoms with Gasteiger partial charge < -0.3 is 0 Å². The minimum Gasteiger partial charge on any atom is -0.248 e. The summed E-state index contributed by atoms with van der Waals surface area (Å²) in [5.74, 6) is -11.7. The van der Waals surface area contributed by atoms with E-state index in [1.165, 1.54) is 0 Å². The van der Waals surface area contributed by atoms with E-state index in [-0.39, 0.29) is 0 Å². The summed E-state index contributed by atoms with van der Waals surface area (Å²) in [5, 5.41) is 0. The average Bonchev–Trinajstić information content (AvgIpc) is 2.02. The Balaban J connectivity index is 4.80. The molecular weight excluding hydrogens is 212 g/mol.